The molecule has 2 fully saturated rings. The minimum atomic E-state index is -3.48. The van der Waals surface area contributed by atoms with Crippen molar-refractivity contribution in [3.05, 3.63) is 24.3 Å². The van der Waals surface area contributed by atoms with Crippen molar-refractivity contribution in [2.75, 3.05) is 11.9 Å². The van der Waals surface area contributed by atoms with Crippen LogP contribution in [0, 0.1) is 5.92 Å². The highest BCUT2D eigenvalue weighted by Crippen LogP contribution is 2.27. The van der Waals surface area contributed by atoms with Gasteiger partial charge in [-0.2, -0.15) is 0 Å². The molecule has 1 aromatic carbocycles. The van der Waals surface area contributed by atoms with E-state index in [1.165, 1.54) is 6.42 Å². The van der Waals surface area contributed by atoms with Crippen molar-refractivity contribution in [2.24, 2.45) is 5.92 Å². The molecule has 32 heavy (non-hydrogen) atoms. The molecule has 0 saturated heterocycles. The summed E-state index contributed by atoms with van der Waals surface area (Å²) in [5, 5.41) is 3.41. The van der Waals surface area contributed by atoms with Crippen molar-refractivity contribution in [2.45, 2.75) is 100 Å². The lowest BCUT2D eigenvalue weighted by molar-refractivity contribution is 0.322. The van der Waals surface area contributed by atoms with E-state index in [-0.39, 0.29) is 12.1 Å². The lowest BCUT2D eigenvalue weighted by atomic mass is 9.86. The number of hydrogen-bond donors (Lipinski definition) is 3. The summed E-state index contributed by atoms with van der Waals surface area (Å²) >= 11 is 0. The van der Waals surface area contributed by atoms with Gasteiger partial charge in [0.15, 0.2) is 0 Å². The fourth-order valence-electron chi connectivity index (χ4n) is 4.40. The number of hydrogen-bond acceptors (Lipinski definition) is 5. The van der Waals surface area contributed by atoms with E-state index in [4.69, 9.17) is 0 Å². The molecule has 0 atom stereocenters. The SMILES string of the molecule is CC(C)(C)S(=O)(=O)N[C@H]1CC[C@H](CNc2ccc(S(=O)(=O)NC3CCCCC3)cc2)CC1. The first kappa shape index (κ1) is 25.5. The molecule has 7 nitrogen and oxygen atoms in total. The Morgan fingerprint density at radius 1 is 0.781 bits per heavy atom. The molecule has 0 unspecified atom stereocenters. The number of benzene rings is 1. The van der Waals surface area contributed by atoms with Crippen molar-refractivity contribution in [1.82, 2.24) is 9.44 Å². The normalized spacial score (nSPS) is 23.7. The number of rotatable bonds is 8. The van der Waals surface area contributed by atoms with Gasteiger partial charge in [-0.05, 0) is 89.5 Å². The Labute approximate surface area is 194 Å². The summed E-state index contributed by atoms with van der Waals surface area (Å²) in [4.78, 5) is 0.306. The molecule has 1 aromatic rings. The zero-order valence-electron chi connectivity index (χ0n) is 19.6. The molecule has 2 aliphatic rings. The maximum atomic E-state index is 12.6. The van der Waals surface area contributed by atoms with Gasteiger partial charge >= 0.3 is 0 Å². The Morgan fingerprint density at radius 2 is 1.34 bits per heavy atom. The lowest BCUT2D eigenvalue weighted by Gasteiger charge is -2.31. The molecule has 0 radical (unpaired) electrons. The van der Waals surface area contributed by atoms with Gasteiger partial charge in [-0.25, -0.2) is 26.3 Å². The molecule has 3 N–H and O–H groups in total. The van der Waals surface area contributed by atoms with Crippen LogP contribution in [0.1, 0.15) is 78.6 Å². The Bertz CT molecular complexity index is 940. The summed E-state index contributed by atoms with van der Waals surface area (Å²) in [6.07, 6.45) is 8.78. The second kappa shape index (κ2) is 10.4. The van der Waals surface area contributed by atoms with Crippen molar-refractivity contribution in [1.29, 1.82) is 0 Å². The third kappa shape index (κ3) is 6.92. The van der Waals surface area contributed by atoms with Crippen LogP contribution in [0.5, 0.6) is 0 Å². The van der Waals surface area contributed by atoms with Gasteiger partial charge in [0.25, 0.3) is 0 Å². The van der Waals surface area contributed by atoms with Gasteiger partial charge in [-0.15, -0.1) is 0 Å². The van der Waals surface area contributed by atoms with E-state index in [1.54, 1.807) is 32.9 Å². The van der Waals surface area contributed by atoms with Crippen molar-refractivity contribution in [3.8, 4) is 0 Å². The van der Waals surface area contributed by atoms with Crippen LogP contribution in [0.3, 0.4) is 0 Å². The highest BCUT2D eigenvalue weighted by atomic mass is 32.2. The lowest BCUT2D eigenvalue weighted by Crippen LogP contribution is -2.46. The fraction of sp³-hybridized carbons (Fsp3) is 0.739. The van der Waals surface area contributed by atoms with E-state index in [0.29, 0.717) is 10.8 Å². The molecule has 0 aromatic heterocycles. The standard InChI is InChI=1S/C23H39N3O4S2/c1-23(2,3)32(29,30)26-21-11-9-18(10-12-21)17-24-19-13-15-22(16-14-19)31(27,28)25-20-7-5-4-6-8-20/h13-16,18,20-21,24-26H,4-12,17H2,1-3H3/t18-,21-. The molecule has 0 heterocycles. The minimum Gasteiger partial charge on any atom is -0.385 e. The second-order valence-electron chi connectivity index (χ2n) is 10.3. The van der Waals surface area contributed by atoms with Gasteiger partial charge < -0.3 is 5.32 Å². The Hall–Kier alpha value is -1.16. The van der Waals surface area contributed by atoms with Gasteiger partial charge in [-0.1, -0.05) is 19.3 Å². The minimum absolute atomic E-state index is 0.0108. The molecule has 9 heteroatoms. The first-order chi connectivity index (χ1) is 15.0. The first-order valence-corrected chi connectivity index (χ1v) is 14.8. The monoisotopic (exact) mass is 485 g/mol. The molecule has 0 spiro atoms. The number of nitrogens with one attached hydrogen (secondary N) is 3. The zero-order valence-corrected chi connectivity index (χ0v) is 21.2. The number of anilines is 1. The Morgan fingerprint density at radius 3 is 1.91 bits per heavy atom. The average molecular weight is 486 g/mol. The third-order valence-electron chi connectivity index (χ3n) is 6.66. The predicted molar refractivity (Wildman–Crippen MR) is 130 cm³/mol. The van der Waals surface area contributed by atoms with Crippen LogP contribution < -0.4 is 14.8 Å². The van der Waals surface area contributed by atoms with Crippen molar-refractivity contribution < 1.29 is 16.8 Å². The summed E-state index contributed by atoms with van der Waals surface area (Å²) in [6.45, 7) is 5.94. The van der Waals surface area contributed by atoms with Crippen LogP contribution in [-0.2, 0) is 20.0 Å². The molecule has 182 valence electrons. The Balaban J connectivity index is 1.45. The van der Waals surface area contributed by atoms with E-state index in [0.717, 1.165) is 63.6 Å². The van der Waals surface area contributed by atoms with Gasteiger partial charge in [0.1, 0.15) is 0 Å². The van der Waals surface area contributed by atoms with E-state index in [1.807, 2.05) is 12.1 Å². The third-order valence-corrected chi connectivity index (χ3v) is 10.5. The van der Waals surface area contributed by atoms with E-state index >= 15 is 0 Å². The molecular weight excluding hydrogens is 446 g/mol. The van der Waals surface area contributed by atoms with Gasteiger partial charge in [0.05, 0.1) is 9.64 Å². The van der Waals surface area contributed by atoms with E-state index < -0.39 is 24.8 Å². The summed E-state index contributed by atoms with van der Waals surface area (Å²) in [5.74, 6) is 0.474. The maximum Gasteiger partial charge on any atom is 0.240 e. The summed E-state index contributed by atoms with van der Waals surface area (Å²) in [6, 6.07) is 7.01. The predicted octanol–water partition coefficient (Wildman–Crippen LogP) is 3.99. The van der Waals surface area contributed by atoms with Gasteiger partial charge in [0.2, 0.25) is 20.0 Å². The molecule has 2 aliphatic carbocycles. The van der Waals surface area contributed by atoms with Crippen LogP contribution in [0.15, 0.2) is 29.2 Å². The highest BCUT2D eigenvalue weighted by molar-refractivity contribution is 7.90. The topological polar surface area (TPSA) is 104 Å². The Kier molecular flexibility index (Phi) is 8.28. The fourth-order valence-corrected chi connectivity index (χ4v) is 6.74. The first-order valence-electron chi connectivity index (χ1n) is 11.8. The largest absolute Gasteiger partial charge is 0.385 e. The summed E-state index contributed by atoms with van der Waals surface area (Å²) < 4.78 is 54.9. The quantitative estimate of drug-likeness (QED) is 0.516. The molecule has 2 saturated carbocycles. The smallest absolute Gasteiger partial charge is 0.240 e. The molecular formula is C23H39N3O4S2. The summed E-state index contributed by atoms with van der Waals surface area (Å²) in [5.41, 5.74) is 0.900. The molecule has 3 rings (SSSR count). The van der Waals surface area contributed by atoms with Crippen LogP contribution >= 0.6 is 0 Å². The number of sulfonamides is 2. The van der Waals surface area contributed by atoms with Crippen LogP contribution in [0.2, 0.25) is 0 Å². The zero-order chi connectivity index (χ0) is 23.4. The molecule has 0 aliphatic heterocycles. The van der Waals surface area contributed by atoms with Gasteiger partial charge in [0, 0.05) is 24.3 Å². The maximum absolute atomic E-state index is 12.6. The van der Waals surface area contributed by atoms with Crippen LogP contribution in [-0.4, -0.2) is 40.2 Å². The van der Waals surface area contributed by atoms with Crippen molar-refractivity contribution >= 4 is 25.7 Å². The van der Waals surface area contributed by atoms with Crippen LogP contribution in [0.4, 0.5) is 5.69 Å². The van der Waals surface area contributed by atoms with E-state index in [9.17, 15) is 16.8 Å². The average Bonchev–Trinajstić information content (AvgIpc) is 2.73. The molecule has 0 bridgehead atoms. The highest BCUT2D eigenvalue weighted by Gasteiger charge is 2.32. The van der Waals surface area contributed by atoms with Crippen molar-refractivity contribution in [3.63, 3.8) is 0 Å². The second-order valence-corrected chi connectivity index (χ2v) is 14.5. The molecule has 0 amide bonds. The van der Waals surface area contributed by atoms with Gasteiger partial charge in [-0.3, -0.25) is 0 Å². The van der Waals surface area contributed by atoms with Crippen LogP contribution in [0.25, 0.3) is 0 Å². The van der Waals surface area contributed by atoms with E-state index in [2.05, 4.69) is 14.8 Å². The summed E-state index contributed by atoms with van der Waals surface area (Å²) in [7, 11) is -6.79.